The first kappa shape index (κ1) is 12.1. The SMILES string of the molecule is Cc1ccccc1[C@@H]1O[C@H]1C(=O)OC(C)(C)C. The third-order valence-corrected chi connectivity index (χ3v) is 2.63. The highest BCUT2D eigenvalue weighted by Crippen LogP contribution is 2.41. The molecule has 17 heavy (non-hydrogen) atoms. The predicted molar refractivity (Wildman–Crippen MR) is 64.6 cm³/mol. The summed E-state index contributed by atoms with van der Waals surface area (Å²) in [6.45, 7) is 7.59. The van der Waals surface area contributed by atoms with Crippen molar-refractivity contribution in [3.63, 3.8) is 0 Å². The highest BCUT2D eigenvalue weighted by atomic mass is 16.6. The van der Waals surface area contributed by atoms with E-state index >= 15 is 0 Å². The number of aryl methyl sites for hydroxylation is 1. The largest absolute Gasteiger partial charge is 0.458 e. The number of esters is 1. The van der Waals surface area contributed by atoms with Crippen LogP contribution in [-0.2, 0) is 14.3 Å². The lowest BCUT2D eigenvalue weighted by molar-refractivity contribution is -0.156. The van der Waals surface area contributed by atoms with Crippen LogP contribution in [-0.4, -0.2) is 17.7 Å². The second kappa shape index (κ2) is 4.15. The van der Waals surface area contributed by atoms with Crippen LogP contribution in [0, 0.1) is 6.92 Å². The first-order valence-electron chi connectivity index (χ1n) is 5.82. The maximum atomic E-state index is 11.8. The molecular formula is C14H18O3. The quantitative estimate of drug-likeness (QED) is 0.583. The molecule has 3 nitrogen and oxygen atoms in total. The average Bonchev–Trinajstić information content (AvgIpc) is 2.95. The van der Waals surface area contributed by atoms with Gasteiger partial charge < -0.3 is 9.47 Å². The van der Waals surface area contributed by atoms with Crippen molar-refractivity contribution in [1.82, 2.24) is 0 Å². The summed E-state index contributed by atoms with van der Waals surface area (Å²) in [6, 6.07) is 7.94. The van der Waals surface area contributed by atoms with E-state index in [2.05, 4.69) is 0 Å². The van der Waals surface area contributed by atoms with Gasteiger partial charge >= 0.3 is 5.97 Å². The molecule has 2 atom stereocenters. The Morgan fingerprint density at radius 3 is 2.53 bits per heavy atom. The molecule has 1 aliphatic rings. The van der Waals surface area contributed by atoms with Gasteiger partial charge in [-0.1, -0.05) is 24.3 Å². The lowest BCUT2D eigenvalue weighted by Crippen LogP contribution is -2.26. The molecule has 0 aliphatic carbocycles. The fraction of sp³-hybridized carbons (Fsp3) is 0.500. The zero-order valence-corrected chi connectivity index (χ0v) is 10.7. The van der Waals surface area contributed by atoms with Crippen molar-refractivity contribution in [2.75, 3.05) is 0 Å². The van der Waals surface area contributed by atoms with Gasteiger partial charge in [0.1, 0.15) is 11.7 Å². The van der Waals surface area contributed by atoms with E-state index in [4.69, 9.17) is 9.47 Å². The van der Waals surface area contributed by atoms with E-state index < -0.39 is 11.7 Å². The topological polar surface area (TPSA) is 38.8 Å². The number of ether oxygens (including phenoxy) is 2. The highest BCUT2D eigenvalue weighted by molar-refractivity contribution is 5.79. The average molecular weight is 234 g/mol. The van der Waals surface area contributed by atoms with Crippen LogP contribution in [0.15, 0.2) is 24.3 Å². The van der Waals surface area contributed by atoms with Crippen LogP contribution < -0.4 is 0 Å². The van der Waals surface area contributed by atoms with Crippen LogP contribution in [0.25, 0.3) is 0 Å². The van der Waals surface area contributed by atoms with Gasteiger partial charge in [-0.25, -0.2) is 4.79 Å². The van der Waals surface area contributed by atoms with Crippen molar-refractivity contribution in [2.45, 2.75) is 45.5 Å². The molecule has 1 fully saturated rings. The van der Waals surface area contributed by atoms with E-state index in [1.54, 1.807) is 0 Å². The molecule has 92 valence electrons. The van der Waals surface area contributed by atoms with E-state index in [0.717, 1.165) is 11.1 Å². The summed E-state index contributed by atoms with van der Waals surface area (Å²) in [5, 5.41) is 0. The van der Waals surface area contributed by atoms with E-state index in [-0.39, 0.29) is 12.1 Å². The molecule has 2 rings (SSSR count). The Kier molecular flexibility index (Phi) is 2.96. The van der Waals surface area contributed by atoms with Crippen LogP contribution in [0.1, 0.15) is 38.0 Å². The maximum Gasteiger partial charge on any atom is 0.338 e. The van der Waals surface area contributed by atoms with Gasteiger partial charge in [-0.15, -0.1) is 0 Å². The number of carbonyl (C=O) groups is 1. The summed E-state index contributed by atoms with van der Waals surface area (Å²) in [7, 11) is 0. The lowest BCUT2D eigenvalue weighted by atomic mass is 10.0. The van der Waals surface area contributed by atoms with E-state index in [9.17, 15) is 4.79 Å². The minimum atomic E-state index is -0.459. The van der Waals surface area contributed by atoms with Crippen LogP contribution in [0.3, 0.4) is 0 Å². The summed E-state index contributed by atoms with van der Waals surface area (Å²) >= 11 is 0. The van der Waals surface area contributed by atoms with Gasteiger partial charge in [0.05, 0.1) is 0 Å². The molecule has 0 amide bonds. The van der Waals surface area contributed by atoms with E-state index in [1.807, 2.05) is 52.0 Å². The van der Waals surface area contributed by atoms with Crippen molar-refractivity contribution in [2.24, 2.45) is 0 Å². The Balaban J connectivity index is 2.02. The molecule has 0 saturated carbocycles. The molecular weight excluding hydrogens is 216 g/mol. The lowest BCUT2D eigenvalue weighted by Gasteiger charge is -2.18. The van der Waals surface area contributed by atoms with Crippen LogP contribution in [0.5, 0.6) is 0 Å². The zero-order valence-electron chi connectivity index (χ0n) is 10.7. The molecule has 0 aromatic heterocycles. The number of hydrogen-bond donors (Lipinski definition) is 0. The van der Waals surface area contributed by atoms with Gasteiger partial charge in [0, 0.05) is 0 Å². The Morgan fingerprint density at radius 1 is 1.29 bits per heavy atom. The minimum absolute atomic E-state index is 0.133. The third kappa shape index (κ3) is 2.86. The molecule has 1 saturated heterocycles. The fourth-order valence-corrected chi connectivity index (χ4v) is 1.79. The number of benzene rings is 1. The Bertz CT molecular complexity index is 431. The molecule has 0 N–H and O–H groups in total. The van der Waals surface area contributed by atoms with Crippen LogP contribution in [0.4, 0.5) is 0 Å². The normalized spacial score (nSPS) is 23.3. The predicted octanol–water partition coefficient (Wildman–Crippen LogP) is 2.78. The van der Waals surface area contributed by atoms with Crippen molar-refractivity contribution in [3.05, 3.63) is 35.4 Å². The number of hydrogen-bond acceptors (Lipinski definition) is 3. The molecule has 1 aliphatic heterocycles. The molecule has 0 spiro atoms. The summed E-state index contributed by atoms with van der Waals surface area (Å²) in [4.78, 5) is 11.8. The van der Waals surface area contributed by atoms with Crippen molar-refractivity contribution in [3.8, 4) is 0 Å². The van der Waals surface area contributed by atoms with Crippen LogP contribution >= 0.6 is 0 Å². The summed E-state index contributed by atoms with van der Waals surface area (Å²) < 4.78 is 10.7. The second-order valence-corrected chi connectivity index (χ2v) is 5.37. The zero-order chi connectivity index (χ0) is 12.6. The van der Waals surface area contributed by atoms with Crippen LogP contribution in [0.2, 0.25) is 0 Å². The van der Waals surface area contributed by atoms with Gasteiger partial charge in [0.25, 0.3) is 0 Å². The molecule has 1 heterocycles. The van der Waals surface area contributed by atoms with Crippen molar-refractivity contribution >= 4 is 5.97 Å². The second-order valence-electron chi connectivity index (χ2n) is 5.37. The molecule has 1 aromatic carbocycles. The number of epoxide rings is 1. The first-order valence-corrected chi connectivity index (χ1v) is 5.82. The van der Waals surface area contributed by atoms with Crippen molar-refractivity contribution < 1.29 is 14.3 Å². The summed E-state index contributed by atoms with van der Waals surface area (Å²) in [5.74, 6) is -0.272. The monoisotopic (exact) mass is 234 g/mol. The molecule has 0 radical (unpaired) electrons. The van der Waals surface area contributed by atoms with Gasteiger partial charge in [0.15, 0.2) is 6.10 Å². The summed E-state index contributed by atoms with van der Waals surface area (Å²) in [6.07, 6.45) is -0.568. The van der Waals surface area contributed by atoms with Crippen molar-refractivity contribution in [1.29, 1.82) is 0 Å². The Labute approximate surface area is 102 Å². The standard InChI is InChI=1S/C14H18O3/c1-9-7-5-6-8-10(9)11-12(16-11)13(15)17-14(2,3)4/h5-8,11-12H,1-4H3/t11-,12+/m0/s1. The first-order chi connectivity index (χ1) is 7.88. The fourth-order valence-electron chi connectivity index (χ4n) is 1.79. The highest BCUT2D eigenvalue weighted by Gasteiger charge is 2.48. The molecule has 0 unspecified atom stereocenters. The summed E-state index contributed by atoms with van der Waals surface area (Å²) in [5.41, 5.74) is 1.76. The Morgan fingerprint density at radius 2 is 1.94 bits per heavy atom. The smallest absolute Gasteiger partial charge is 0.338 e. The minimum Gasteiger partial charge on any atom is -0.458 e. The number of carbonyl (C=O) groups excluding carboxylic acids is 1. The molecule has 0 bridgehead atoms. The van der Waals surface area contributed by atoms with E-state index in [0.29, 0.717) is 0 Å². The van der Waals surface area contributed by atoms with Gasteiger partial charge in [0.2, 0.25) is 0 Å². The molecule has 3 heteroatoms. The van der Waals surface area contributed by atoms with E-state index in [1.165, 1.54) is 0 Å². The Hall–Kier alpha value is -1.35. The van der Waals surface area contributed by atoms with Gasteiger partial charge in [-0.05, 0) is 38.8 Å². The third-order valence-electron chi connectivity index (χ3n) is 2.63. The maximum absolute atomic E-state index is 11.8. The molecule has 1 aromatic rings. The number of rotatable bonds is 2. The van der Waals surface area contributed by atoms with Gasteiger partial charge in [-0.2, -0.15) is 0 Å². The van der Waals surface area contributed by atoms with Gasteiger partial charge in [-0.3, -0.25) is 0 Å².